The first-order chi connectivity index (χ1) is 12.6. The van der Waals surface area contributed by atoms with Crippen molar-refractivity contribution in [3.05, 3.63) is 72.3 Å². The third-order valence-electron chi connectivity index (χ3n) is 4.11. The van der Waals surface area contributed by atoms with Crippen LogP contribution >= 0.6 is 0 Å². The Kier molecular flexibility index (Phi) is 5.17. The van der Waals surface area contributed by atoms with E-state index in [-0.39, 0.29) is 11.5 Å². The Labute approximate surface area is 151 Å². The van der Waals surface area contributed by atoms with Gasteiger partial charge in [0.25, 0.3) is 11.8 Å². The van der Waals surface area contributed by atoms with Crippen LogP contribution in [0.1, 0.15) is 23.7 Å². The normalized spacial score (nSPS) is 11.7. The highest BCUT2D eigenvalue weighted by atomic mass is 16.5. The number of anilines is 1. The van der Waals surface area contributed by atoms with Gasteiger partial charge >= 0.3 is 0 Å². The van der Waals surface area contributed by atoms with E-state index >= 15 is 0 Å². The van der Waals surface area contributed by atoms with Crippen LogP contribution in [-0.2, 0) is 4.79 Å². The number of rotatable bonds is 6. The maximum Gasteiger partial charge on any atom is 0.265 e. The van der Waals surface area contributed by atoms with Crippen LogP contribution in [0.4, 0.5) is 5.69 Å². The Hall–Kier alpha value is -3.34. The van der Waals surface area contributed by atoms with E-state index in [0.29, 0.717) is 17.9 Å². The molecule has 0 saturated carbocycles. The first-order valence-corrected chi connectivity index (χ1v) is 8.43. The Morgan fingerprint density at radius 1 is 1.00 bits per heavy atom. The van der Waals surface area contributed by atoms with E-state index < -0.39 is 12.0 Å². The second kappa shape index (κ2) is 7.70. The number of benzene rings is 3. The molecule has 1 atom stereocenters. The minimum Gasteiger partial charge on any atom is -0.481 e. The van der Waals surface area contributed by atoms with Crippen LogP contribution in [-0.4, -0.2) is 17.9 Å². The lowest BCUT2D eigenvalue weighted by atomic mass is 10.1. The molecular formula is C21H20N2O3. The molecule has 132 valence electrons. The quantitative estimate of drug-likeness (QED) is 0.712. The van der Waals surface area contributed by atoms with Gasteiger partial charge in [-0.1, -0.05) is 49.4 Å². The van der Waals surface area contributed by atoms with Gasteiger partial charge in [0.05, 0.1) is 11.3 Å². The SMILES string of the molecule is CC[C@@H](Oc1ccc2ccccc2c1)C(=O)Nc1ccccc1C(N)=O. The first-order valence-electron chi connectivity index (χ1n) is 8.43. The van der Waals surface area contributed by atoms with E-state index in [9.17, 15) is 9.59 Å². The number of carbonyl (C=O) groups is 2. The average Bonchev–Trinajstić information content (AvgIpc) is 2.66. The molecule has 0 radical (unpaired) electrons. The molecule has 26 heavy (non-hydrogen) atoms. The largest absolute Gasteiger partial charge is 0.481 e. The average molecular weight is 348 g/mol. The van der Waals surface area contributed by atoms with Crippen molar-refractivity contribution in [1.82, 2.24) is 0 Å². The standard InChI is InChI=1S/C21H20N2O3/c1-2-19(21(25)23-18-10-6-5-9-17(18)20(22)24)26-16-12-11-14-7-3-4-8-15(14)13-16/h3-13,19H,2H2,1H3,(H2,22,24)(H,23,25)/t19-/m1/s1. The van der Waals surface area contributed by atoms with E-state index in [4.69, 9.17) is 10.5 Å². The number of amides is 2. The van der Waals surface area contributed by atoms with E-state index in [2.05, 4.69) is 5.32 Å². The van der Waals surface area contributed by atoms with Crippen molar-refractivity contribution in [1.29, 1.82) is 0 Å². The molecule has 0 aliphatic heterocycles. The second-order valence-electron chi connectivity index (χ2n) is 5.92. The second-order valence-corrected chi connectivity index (χ2v) is 5.92. The lowest BCUT2D eigenvalue weighted by Crippen LogP contribution is -2.33. The molecule has 2 amide bonds. The van der Waals surface area contributed by atoms with Crippen molar-refractivity contribution in [2.75, 3.05) is 5.32 Å². The van der Waals surface area contributed by atoms with Gasteiger partial charge < -0.3 is 15.8 Å². The molecule has 0 bridgehead atoms. The van der Waals surface area contributed by atoms with Crippen LogP contribution in [0.5, 0.6) is 5.75 Å². The maximum atomic E-state index is 12.6. The van der Waals surface area contributed by atoms with E-state index in [1.165, 1.54) is 0 Å². The van der Waals surface area contributed by atoms with Gasteiger partial charge in [0, 0.05) is 0 Å². The summed E-state index contributed by atoms with van der Waals surface area (Å²) < 4.78 is 5.88. The highest BCUT2D eigenvalue weighted by Gasteiger charge is 2.20. The fourth-order valence-corrected chi connectivity index (χ4v) is 2.75. The van der Waals surface area contributed by atoms with Crippen molar-refractivity contribution in [2.45, 2.75) is 19.4 Å². The topological polar surface area (TPSA) is 81.4 Å². The van der Waals surface area contributed by atoms with Gasteiger partial charge in [0.2, 0.25) is 0 Å². The van der Waals surface area contributed by atoms with Gasteiger partial charge in [-0.3, -0.25) is 9.59 Å². The number of primary amides is 1. The van der Waals surface area contributed by atoms with Gasteiger partial charge in [-0.15, -0.1) is 0 Å². The van der Waals surface area contributed by atoms with E-state index in [0.717, 1.165) is 10.8 Å². The van der Waals surface area contributed by atoms with E-state index in [1.54, 1.807) is 24.3 Å². The lowest BCUT2D eigenvalue weighted by molar-refractivity contribution is -0.122. The summed E-state index contributed by atoms with van der Waals surface area (Å²) in [4.78, 5) is 24.1. The van der Waals surface area contributed by atoms with Crippen LogP contribution in [0.3, 0.4) is 0 Å². The monoisotopic (exact) mass is 348 g/mol. The number of para-hydroxylation sites is 1. The van der Waals surface area contributed by atoms with Gasteiger partial charge in [-0.2, -0.15) is 0 Å². The molecule has 0 aliphatic carbocycles. The Morgan fingerprint density at radius 3 is 2.42 bits per heavy atom. The summed E-state index contributed by atoms with van der Waals surface area (Å²) in [6, 6.07) is 20.3. The van der Waals surface area contributed by atoms with Crippen molar-refractivity contribution < 1.29 is 14.3 Å². The smallest absolute Gasteiger partial charge is 0.265 e. The Bertz CT molecular complexity index is 953. The highest BCUT2D eigenvalue weighted by molar-refractivity contribution is 6.04. The summed E-state index contributed by atoms with van der Waals surface area (Å²) in [7, 11) is 0. The molecule has 5 heteroatoms. The number of nitrogens with two attached hydrogens (primary N) is 1. The zero-order valence-electron chi connectivity index (χ0n) is 14.4. The van der Waals surface area contributed by atoms with Crippen LogP contribution in [0.25, 0.3) is 10.8 Å². The van der Waals surface area contributed by atoms with Crippen LogP contribution in [0.15, 0.2) is 66.7 Å². The fourth-order valence-electron chi connectivity index (χ4n) is 2.75. The van der Waals surface area contributed by atoms with Gasteiger partial charge in [0.1, 0.15) is 5.75 Å². The summed E-state index contributed by atoms with van der Waals surface area (Å²) in [5, 5.41) is 4.88. The number of hydrogen-bond donors (Lipinski definition) is 2. The molecule has 0 spiro atoms. The molecule has 0 heterocycles. The molecule has 0 fully saturated rings. The predicted octanol–water partition coefficient (Wildman–Crippen LogP) is 3.73. The number of fused-ring (bicyclic) bond motifs is 1. The zero-order chi connectivity index (χ0) is 18.5. The molecule has 0 aromatic heterocycles. The van der Waals surface area contributed by atoms with Crippen molar-refractivity contribution in [3.8, 4) is 5.75 Å². The molecule has 0 unspecified atom stereocenters. The van der Waals surface area contributed by atoms with Gasteiger partial charge in [-0.25, -0.2) is 0 Å². The molecule has 3 aromatic carbocycles. The van der Waals surface area contributed by atoms with Crippen LogP contribution < -0.4 is 15.8 Å². The van der Waals surface area contributed by atoms with Gasteiger partial charge in [0.15, 0.2) is 6.10 Å². The molecule has 5 nitrogen and oxygen atoms in total. The molecule has 0 aliphatic rings. The minimum absolute atomic E-state index is 0.265. The number of ether oxygens (including phenoxy) is 1. The third kappa shape index (κ3) is 3.83. The number of hydrogen-bond acceptors (Lipinski definition) is 3. The van der Waals surface area contributed by atoms with Gasteiger partial charge in [-0.05, 0) is 41.5 Å². The fraction of sp³-hybridized carbons (Fsp3) is 0.143. The number of nitrogens with one attached hydrogen (secondary N) is 1. The van der Waals surface area contributed by atoms with Crippen molar-refractivity contribution in [3.63, 3.8) is 0 Å². The zero-order valence-corrected chi connectivity index (χ0v) is 14.4. The summed E-state index contributed by atoms with van der Waals surface area (Å²) in [5.41, 5.74) is 6.00. The van der Waals surface area contributed by atoms with Crippen molar-refractivity contribution >= 4 is 28.3 Å². The summed E-state index contributed by atoms with van der Waals surface area (Å²) in [5.74, 6) is -0.298. The molecule has 3 rings (SSSR count). The van der Waals surface area contributed by atoms with E-state index in [1.807, 2.05) is 49.4 Å². The predicted molar refractivity (Wildman–Crippen MR) is 102 cm³/mol. The summed E-state index contributed by atoms with van der Waals surface area (Å²) in [6.45, 7) is 1.87. The number of carbonyl (C=O) groups excluding carboxylic acids is 2. The first kappa shape index (κ1) is 17.5. The molecule has 0 saturated heterocycles. The molecule has 3 N–H and O–H groups in total. The Balaban J connectivity index is 1.77. The molecule has 3 aromatic rings. The van der Waals surface area contributed by atoms with Crippen LogP contribution in [0, 0.1) is 0 Å². The maximum absolute atomic E-state index is 12.6. The third-order valence-corrected chi connectivity index (χ3v) is 4.11. The lowest BCUT2D eigenvalue weighted by Gasteiger charge is -2.18. The summed E-state index contributed by atoms with van der Waals surface area (Å²) >= 11 is 0. The Morgan fingerprint density at radius 2 is 1.69 bits per heavy atom. The van der Waals surface area contributed by atoms with Crippen LogP contribution in [0.2, 0.25) is 0 Å². The summed E-state index contributed by atoms with van der Waals surface area (Å²) in [6.07, 6.45) is -0.200. The minimum atomic E-state index is -0.683. The van der Waals surface area contributed by atoms with Crippen molar-refractivity contribution in [2.24, 2.45) is 5.73 Å². The molecular weight excluding hydrogens is 328 g/mol. The highest BCUT2D eigenvalue weighted by Crippen LogP contribution is 2.23.